The summed E-state index contributed by atoms with van der Waals surface area (Å²) in [6, 6.07) is 6.56. The highest BCUT2D eigenvalue weighted by Crippen LogP contribution is 2.45. The van der Waals surface area contributed by atoms with E-state index < -0.39 is 42.4 Å². The Morgan fingerprint density at radius 1 is 1.17 bits per heavy atom. The number of hydrogen-bond donors (Lipinski definition) is 3. The standard InChI is InChI=1S/C27H35N5O8S/c1-14(2)10-37-25(35)15-5-7-17(8-6-15)36-11-16(34)12-41-26-31-19-22(28)29-13-30-23(19)32(26)24-21-20(18(9-33)38-24)39-27(3,4)40-21/h5-8,13-14,16,18,20-21,24,33-34H,9-12H2,1-4H3,(H2,28,29,30)/t16-,18+,20+,21+,24+/m0/s1. The van der Waals surface area contributed by atoms with Crippen LogP contribution in [-0.4, -0.2) is 91.5 Å². The van der Waals surface area contributed by atoms with Crippen LogP contribution in [0.15, 0.2) is 35.7 Å². The first kappa shape index (κ1) is 29.5. The topological polar surface area (TPSA) is 173 Å². The summed E-state index contributed by atoms with van der Waals surface area (Å²) in [5.74, 6) is -0.0680. The Hall–Kier alpha value is -3.01. The van der Waals surface area contributed by atoms with Gasteiger partial charge in [0.1, 0.15) is 37.0 Å². The van der Waals surface area contributed by atoms with Crippen molar-refractivity contribution in [1.29, 1.82) is 0 Å². The minimum absolute atomic E-state index is 0.00860. The van der Waals surface area contributed by atoms with Crippen molar-refractivity contribution in [1.82, 2.24) is 19.5 Å². The summed E-state index contributed by atoms with van der Waals surface area (Å²) >= 11 is 1.27. The SMILES string of the molecule is CC(C)COC(=O)c1ccc(OC[C@H](O)CSc2nc3c(N)ncnc3n2[C@@H]2O[C@H](CO)[C@H]3OC(C)(C)O[C@H]32)cc1. The molecule has 222 valence electrons. The zero-order chi connectivity index (χ0) is 29.3. The number of imidazole rings is 1. The molecule has 2 aliphatic heterocycles. The van der Waals surface area contributed by atoms with Crippen LogP contribution in [0.5, 0.6) is 5.75 Å². The van der Waals surface area contributed by atoms with Gasteiger partial charge < -0.3 is 39.6 Å². The van der Waals surface area contributed by atoms with Gasteiger partial charge in [-0.15, -0.1) is 0 Å². The molecule has 41 heavy (non-hydrogen) atoms. The minimum atomic E-state index is -0.861. The first-order chi connectivity index (χ1) is 19.6. The molecule has 0 saturated carbocycles. The van der Waals surface area contributed by atoms with Crippen LogP contribution < -0.4 is 10.5 Å². The number of carbonyl (C=O) groups is 1. The molecule has 1 aromatic carbocycles. The Kier molecular flexibility index (Phi) is 8.68. The fraction of sp³-hybridized carbons (Fsp3) is 0.556. The summed E-state index contributed by atoms with van der Waals surface area (Å²) in [6.45, 7) is 7.66. The van der Waals surface area contributed by atoms with Crippen LogP contribution in [0.4, 0.5) is 5.82 Å². The number of rotatable bonds is 11. The third-order valence-corrected chi connectivity index (χ3v) is 7.62. The van der Waals surface area contributed by atoms with Crippen LogP contribution >= 0.6 is 11.8 Å². The molecule has 13 nitrogen and oxygen atoms in total. The summed E-state index contributed by atoms with van der Waals surface area (Å²) in [5, 5.41) is 21.1. The molecule has 0 radical (unpaired) electrons. The van der Waals surface area contributed by atoms with Crippen molar-refractivity contribution in [2.24, 2.45) is 5.92 Å². The van der Waals surface area contributed by atoms with Crippen molar-refractivity contribution in [3.63, 3.8) is 0 Å². The number of anilines is 1. The number of aliphatic hydroxyl groups is 2. The van der Waals surface area contributed by atoms with Crippen molar-refractivity contribution in [2.45, 2.75) is 69.3 Å². The van der Waals surface area contributed by atoms with Crippen molar-refractivity contribution in [2.75, 3.05) is 31.3 Å². The fourth-order valence-electron chi connectivity index (χ4n) is 4.68. The van der Waals surface area contributed by atoms with E-state index in [1.165, 1.54) is 18.1 Å². The number of hydrogen-bond acceptors (Lipinski definition) is 13. The van der Waals surface area contributed by atoms with Gasteiger partial charge in [-0.25, -0.2) is 19.7 Å². The van der Waals surface area contributed by atoms with E-state index in [2.05, 4.69) is 15.0 Å². The smallest absolute Gasteiger partial charge is 0.338 e. The van der Waals surface area contributed by atoms with E-state index >= 15 is 0 Å². The molecule has 2 saturated heterocycles. The average Bonchev–Trinajstić information content (AvgIpc) is 3.57. The number of aromatic nitrogens is 4. The Balaban J connectivity index is 1.26. The number of thioether (sulfide) groups is 1. The normalized spacial score (nSPS) is 24.1. The number of nitrogens with two attached hydrogens (primary N) is 1. The number of aliphatic hydroxyl groups excluding tert-OH is 2. The zero-order valence-electron chi connectivity index (χ0n) is 23.3. The maximum absolute atomic E-state index is 12.1. The highest BCUT2D eigenvalue weighted by molar-refractivity contribution is 7.99. The van der Waals surface area contributed by atoms with E-state index in [1.54, 1.807) is 42.7 Å². The third-order valence-electron chi connectivity index (χ3n) is 6.52. The van der Waals surface area contributed by atoms with Crippen LogP contribution in [0, 0.1) is 5.92 Å². The summed E-state index contributed by atoms with van der Waals surface area (Å²) < 4.78 is 31.0. The van der Waals surface area contributed by atoms with Crippen LogP contribution in [0.1, 0.15) is 44.3 Å². The number of fused-ring (bicyclic) bond motifs is 2. The molecule has 0 spiro atoms. The monoisotopic (exact) mass is 589 g/mol. The predicted octanol–water partition coefficient (Wildman–Crippen LogP) is 2.16. The molecule has 3 aromatic rings. The van der Waals surface area contributed by atoms with Crippen molar-refractivity contribution >= 4 is 34.7 Å². The highest BCUT2D eigenvalue weighted by Gasteiger charge is 2.56. The highest BCUT2D eigenvalue weighted by atomic mass is 32.2. The maximum atomic E-state index is 12.1. The molecule has 14 heteroatoms. The molecule has 0 amide bonds. The van der Waals surface area contributed by atoms with Crippen LogP contribution in [0.3, 0.4) is 0 Å². The number of esters is 1. The number of carbonyl (C=O) groups excluding carboxylic acids is 1. The van der Waals surface area contributed by atoms with Crippen molar-refractivity contribution in [3.8, 4) is 5.75 Å². The Labute approximate surface area is 241 Å². The maximum Gasteiger partial charge on any atom is 0.338 e. The predicted molar refractivity (Wildman–Crippen MR) is 148 cm³/mol. The number of ether oxygens (including phenoxy) is 5. The van der Waals surface area contributed by atoms with Gasteiger partial charge in [0.15, 0.2) is 34.2 Å². The molecular weight excluding hydrogens is 554 g/mol. The van der Waals surface area contributed by atoms with Gasteiger partial charge in [-0.2, -0.15) is 0 Å². The van der Waals surface area contributed by atoms with Crippen molar-refractivity contribution < 1.29 is 38.7 Å². The summed E-state index contributed by atoms with van der Waals surface area (Å²) in [6.07, 6.45) is -1.86. The largest absolute Gasteiger partial charge is 0.491 e. The van der Waals surface area contributed by atoms with Crippen LogP contribution in [-0.2, 0) is 18.9 Å². The quantitative estimate of drug-likeness (QED) is 0.220. The van der Waals surface area contributed by atoms with Gasteiger partial charge in [0, 0.05) is 5.75 Å². The van der Waals surface area contributed by atoms with E-state index in [0.29, 0.717) is 34.2 Å². The van der Waals surface area contributed by atoms with E-state index in [9.17, 15) is 15.0 Å². The Morgan fingerprint density at radius 2 is 1.90 bits per heavy atom. The second kappa shape index (κ2) is 12.1. The van der Waals surface area contributed by atoms with Crippen LogP contribution in [0.2, 0.25) is 0 Å². The number of nitrogens with zero attached hydrogens (tertiary/aromatic N) is 4. The molecule has 4 heterocycles. The first-order valence-electron chi connectivity index (χ1n) is 13.4. The molecule has 2 aromatic heterocycles. The molecule has 0 bridgehead atoms. The summed E-state index contributed by atoms with van der Waals surface area (Å²) in [5.41, 5.74) is 7.35. The Bertz CT molecular complexity index is 1370. The lowest BCUT2D eigenvalue weighted by Gasteiger charge is -2.25. The second-order valence-electron chi connectivity index (χ2n) is 10.8. The van der Waals surface area contributed by atoms with Crippen LogP contribution in [0.25, 0.3) is 11.2 Å². The number of benzene rings is 1. The first-order valence-corrected chi connectivity index (χ1v) is 14.4. The lowest BCUT2D eigenvalue weighted by atomic mass is 10.1. The van der Waals surface area contributed by atoms with Gasteiger partial charge in [-0.1, -0.05) is 25.6 Å². The average molecular weight is 590 g/mol. The number of nitrogen functional groups attached to an aromatic ring is 1. The molecular formula is C27H35N5O8S. The lowest BCUT2D eigenvalue weighted by Crippen LogP contribution is -2.31. The van der Waals surface area contributed by atoms with E-state index in [1.807, 2.05) is 13.8 Å². The van der Waals surface area contributed by atoms with Gasteiger partial charge in [0.25, 0.3) is 0 Å². The van der Waals surface area contributed by atoms with E-state index in [0.717, 1.165) is 0 Å². The molecule has 5 atom stereocenters. The van der Waals surface area contributed by atoms with Gasteiger partial charge in [0.2, 0.25) is 0 Å². The van der Waals surface area contributed by atoms with E-state index in [-0.39, 0.29) is 30.7 Å². The Morgan fingerprint density at radius 3 is 2.61 bits per heavy atom. The van der Waals surface area contributed by atoms with Gasteiger partial charge in [0.05, 0.1) is 24.9 Å². The molecule has 0 aliphatic carbocycles. The fourth-order valence-corrected chi connectivity index (χ4v) is 5.60. The van der Waals surface area contributed by atoms with Crippen molar-refractivity contribution in [3.05, 3.63) is 36.2 Å². The second-order valence-corrected chi connectivity index (χ2v) is 11.8. The third kappa shape index (κ3) is 6.42. The lowest BCUT2D eigenvalue weighted by molar-refractivity contribution is -0.200. The molecule has 4 N–H and O–H groups in total. The molecule has 5 rings (SSSR count). The van der Waals surface area contributed by atoms with E-state index in [4.69, 9.17) is 29.4 Å². The molecule has 0 unspecified atom stereocenters. The summed E-state index contributed by atoms with van der Waals surface area (Å²) in [4.78, 5) is 25.2. The zero-order valence-corrected chi connectivity index (χ0v) is 24.1. The summed E-state index contributed by atoms with van der Waals surface area (Å²) in [7, 11) is 0. The van der Waals surface area contributed by atoms with Gasteiger partial charge in [-0.3, -0.25) is 4.57 Å². The van der Waals surface area contributed by atoms with Gasteiger partial charge in [-0.05, 0) is 44.0 Å². The van der Waals surface area contributed by atoms with Gasteiger partial charge >= 0.3 is 5.97 Å². The molecule has 2 aliphatic rings. The molecule has 2 fully saturated rings. The minimum Gasteiger partial charge on any atom is -0.491 e.